The van der Waals surface area contributed by atoms with Crippen molar-refractivity contribution in [2.75, 3.05) is 18.3 Å². The molecule has 4 heterocycles. The second kappa shape index (κ2) is 9.28. The quantitative estimate of drug-likeness (QED) is 0.219. The molecule has 0 unspecified atom stereocenters. The molecule has 196 valence electrons. The van der Waals surface area contributed by atoms with Crippen LogP contribution in [-0.4, -0.2) is 28.7 Å². The zero-order valence-corrected chi connectivity index (χ0v) is 22.9. The lowest BCUT2D eigenvalue weighted by atomic mass is 10.3. The van der Waals surface area contributed by atoms with Crippen molar-refractivity contribution in [1.82, 2.24) is 19.9 Å². The van der Waals surface area contributed by atoms with Gasteiger partial charge in [-0.15, -0.1) is 0 Å². The van der Waals surface area contributed by atoms with E-state index < -0.39 is 8.72 Å². The van der Waals surface area contributed by atoms with Crippen LogP contribution in [-0.2, 0) is 0 Å². The maximum absolute atomic E-state index is 4.99. The van der Waals surface area contributed by atoms with Gasteiger partial charge in [0.1, 0.15) is 0 Å². The van der Waals surface area contributed by atoms with E-state index in [-0.39, 0.29) is 0 Å². The van der Waals surface area contributed by atoms with Gasteiger partial charge in [0, 0.05) is 47.5 Å². The monoisotopic (exact) mass is 548 g/mol. The fourth-order valence-electron chi connectivity index (χ4n) is 5.94. The minimum absolute atomic E-state index is 0.781. The van der Waals surface area contributed by atoms with Crippen LogP contribution in [0.2, 0.25) is 0 Å². The molecule has 0 N–H and O–H groups in total. The smallest absolute Gasteiger partial charge is 0.297 e. The molecule has 0 aliphatic carbocycles. The fraction of sp³-hybridized carbons (Fsp3) is 0. The number of hydrogen-bond acceptors (Lipinski definition) is 8. The number of hydrogen-bond donors (Lipinski definition) is 0. The van der Waals surface area contributed by atoms with Gasteiger partial charge in [-0.05, 0) is 48.5 Å². The average Bonchev–Trinajstić information content (AvgIpc) is 3.51. The number of aromatic nitrogens is 4. The van der Waals surface area contributed by atoms with E-state index in [0.717, 1.165) is 46.0 Å². The van der Waals surface area contributed by atoms with Crippen molar-refractivity contribution in [2.24, 2.45) is 0 Å². The molecule has 2 aliphatic rings. The molecular weight excluding hydrogens is 524 g/mol. The molecule has 0 fully saturated rings. The first kappa shape index (κ1) is 23.4. The zero-order valence-electron chi connectivity index (χ0n) is 21.9. The number of fused-ring (bicyclic) bond motifs is 2. The van der Waals surface area contributed by atoms with Gasteiger partial charge in [0.05, 0.1) is 0 Å². The van der Waals surface area contributed by atoms with E-state index in [2.05, 4.69) is 115 Å². The summed E-state index contributed by atoms with van der Waals surface area (Å²) in [6.07, 6.45) is 7.07. The molecule has 0 saturated carbocycles. The maximum atomic E-state index is 4.99. The third-order valence-electron chi connectivity index (χ3n) is 7.43. The molecule has 0 saturated heterocycles. The van der Waals surface area contributed by atoms with Crippen LogP contribution >= 0.6 is 0 Å². The summed E-state index contributed by atoms with van der Waals surface area (Å²) in [5.41, 5.74) is 4.03. The number of benzene rings is 4. The molecule has 41 heavy (non-hydrogen) atoms. The Labute approximate surface area is 238 Å². The van der Waals surface area contributed by atoms with Crippen LogP contribution in [0, 0.1) is 0 Å². The molecule has 0 amide bonds. The van der Waals surface area contributed by atoms with Gasteiger partial charge < -0.3 is 0 Å². The summed E-state index contributed by atoms with van der Waals surface area (Å²) in [5.74, 6) is 3.13. The van der Waals surface area contributed by atoms with Gasteiger partial charge in [-0.3, -0.25) is 18.3 Å². The number of anilines is 8. The SMILES string of the molecule is c1ccc(N2c3nccnc3N(c3ccccc3)[Si]23N(c2ccccc2)c2nccnc2N3c2ccccc2)cc1. The van der Waals surface area contributed by atoms with E-state index in [0.29, 0.717) is 0 Å². The topological polar surface area (TPSA) is 64.5 Å². The van der Waals surface area contributed by atoms with Crippen molar-refractivity contribution in [1.29, 1.82) is 0 Å². The third kappa shape index (κ3) is 3.33. The minimum atomic E-state index is -3.48. The van der Waals surface area contributed by atoms with Gasteiger partial charge in [0.2, 0.25) is 0 Å². The van der Waals surface area contributed by atoms with Crippen LogP contribution in [0.5, 0.6) is 0 Å². The first-order chi connectivity index (χ1) is 20.4. The fourth-order valence-corrected chi connectivity index (χ4v) is 10.9. The van der Waals surface area contributed by atoms with Crippen molar-refractivity contribution in [2.45, 2.75) is 0 Å². The predicted molar refractivity (Wildman–Crippen MR) is 164 cm³/mol. The summed E-state index contributed by atoms with van der Waals surface area (Å²) in [6, 6.07) is 41.8. The lowest BCUT2D eigenvalue weighted by Gasteiger charge is -2.48. The van der Waals surface area contributed by atoms with E-state index in [1.165, 1.54) is 0 Å². The normalized spacial score (nSPS) is 14.8. The molecular formula is C32H24N8Si. The lowest BCUT2D eigenvalue weighted by molar-refractivity contribution is 1.15. The average molecular weight is 549 g/mol. The Bertz CT molecular complexity index is 1550. The van der Waals surface area contributed by atoms with Gasteiger partial charge >= 0.3 is 8.72 Å². The lowest BCUT2D eigenvalue weighted by Crippen LogP contribution is -2.76. The minimum Gasteiger partial charge on any atom is -0.297 e. The van der Waals surface area contributed by atoms with Gasteiger partial charge in [0.15, 0.2) is 23.3 Å². The van der Waals surface area contributed by atoms with Crippen LogP contribution in [0.25, 0.3) is 0 Å². The van der Waals surface area contributed by atoms with Crippen molar-refractivity contribution >= 4 is 54.7 Å². The highest BCUT2D eigenvalue weighted by Gasteiger charge is 2.72. The summed E-state index contributed by atoms with van der Waals surface area (Å²) in [4.78, 5) is 20.0. The zero-order chi connectivity index (χ0) is 27.2. The Morgan fingerprint density at radius 2 is 0.537 bits per heavy atom. The Kier molecular flexibility index (Phi) is 5.29. The van der Waals surface area contributed by atoms with Crippen LogP contribution in [0.1, 0.15) is 0 Å². The third-order valence-corrected chi connectivity index (χ3v) is 11.7. The largest absolute Gasteiger partial charge is 0.526 e. The molecule has 0 bridgehead atoms. The Morgan fingerprint density at radius 1 is 0.317 bits per heavy atom. The molecule has 2 aliphatic heterocycles. The van der Waals surface area contributed by atoms with Gasteiger partial charge in [-0.2, -0.15) is 0 Å². The maximum Gasteiger partial charge on any atom is 0.526 e. The van der Waals surface area contributed by atoms with Gasteiger partial charge in [-0.1, -0.05) is 72.8 Å². The second-order valence-electron chi connectivity index (χ2n) is 9.69. The molecule has 4 aromatic carbocycles. The van der Waals surface area contributed by atoms with Crippen molar-refractivity contribution in [3.63, 3.8) is 0 Å². The van der Waals surface area contributed by atoms with E-state index in [1.807, 2.05) is 24.3 Å². The molecule has 1 spiro atoms. The van der Waals surface area contributed by atoms with Crippen LogP contribution < -0.4 is 18.3 Å². The first-order valence-electron chi connectivity index (χ1n) is 13.4. The number of rotatable bonds is 4. The van der Waals surface area contributed by atoms with E-state index in [4.69, 9.17) is 19.9 Å². The second-order valence-corrected chi connectivity index (χ2v) is 12.7. The summed E-state index contributed by atoms with van der Waals surface area (Å²) < 4.78 is 9.52. The predicted octanol–water partition coefficient (Wildman–Crippen LogP) is 6.98. The summed E-state index contributed by atoms with van der Waals surface area (Å²) in [6.45, 7) is 0. The molecule has 8 rings (SSSR count). The standard InChI is InChI=1S/C32H24N8Si/c1-5-13-25(14-6-1)37-29-30(34-22-21-33-29)38(26-15-7-2-8-16-26)41(37)39(27-17-9-3-10-18-27)31-32(36-24-23-35-31)40(41)28-19-11-4-12-20-28/h1-24H. The Balaban J connectivity index is 1.57. The molecule has 2 aromatic heterocycles. The highest BCUT2D eigenvalue weighted by atomic mass is 28.4. The van der Waals surface area contributed by atoms with E-state index in [9.17, 15) is 0 Å². The number of para-hydroxylation sites is 4. The molecule has 9 heteroatoms. The summed E-state index contributed by atoms with van der Waals surface area (Å²) in [7, 11) is -3.48. The van der Waals surface area contributed by atoms with Crippen LogP contribution in [0.3, 0.4) is 0 Å². The molecule has 0 radical (unpaired) electrons. The molecule has 8 nitrogen and oxygen atoms in total. The summed E-state index contributed by atoms with van der Waals surface area (Å²) in [5, 5.41) is 0. The van der Waals surface area contributed by atoms with Crippen LogP contribution in [0.15, 0.2) is 146 Å². The van der Waals surface area contributed by atoms with E-state index >= 15 is 0 Å². The van der Waals surface area contributed by atoms with Gasteiger partial charge in [0.25, 0.3) is 0 Å². The molecule has 0 atom stereocenters. The Hall–Kier alpha value is -5.54. The highest BCUT2D eigenvalue weighted by Crippen LogP contribution is 2.59. The van der Waals surface area contributed by atoms with Crippen molar-refractivity contribution in [3.8, 4) is 0 Å². The summed E-state index contributed by atoms with van der Waals surface area (Å²) >= 11 is 0. The Morgan fingerprint density at radius 3 is 0.756 bits per heavy atom. The first-order valence-corrected chi connectivity index (χ1v) is 15.2. The van der Waals surface area contributed by atoms with E-state index in [1.54, 1.807) is 24.8 Å². The van der Waals surface area contributed by atoms with Crippen LogP contribution in [0.4, 0.5) is 46.0 Å². The van der Waals surface area contributed by atoms with Crippen molar-refractivity contribution < 1.29 is 0 Å². The molecule has 6 aromatic rings. The highest BCUT2D eigenvalue weighted by molar-refractivity contribution is 6.99. The number of nitrogens with zero attached hydrogens (tertiary/aromatic N) is 8. The van der Waals surface area contributed by atoms with Crippen molar-refractivity contribution in [3.05, 3.63) is 146 Å². The van der Waals surface area contributed by atoms with Gasteiger partial charge in [-0.25, -0.2) is 19.9 Å².